The van der Waals surface area contributed by atoms with Crippen molar-refractivity contribution < 1.29 is 0 Å². The van der Waals surface area contributed by atoms with E-state index in [1.54, 1.807) is 0 Å². The average Bonchev–Trinajstić information content (AvgIpc) is 2.34. The quantitative estimate of drug-likeness (QED) is 0.653. The number of hydrogen-bond acceptors (Lipinski definition) is 2. The fourth-order valence-electron chi connectivity index (χ4n) is 1.63. The van der Waals surface area contributed by atoms with Crippen LogP contribution in [0.2, 0.25) is 0 Å². The van der Waals surface area contributed by atoms with E-state index in [4.69, 9.17) is 0 Å². The lowest BCUT2D eigenvalue weighted by Crippen LogP contribution is -2.46. The van der Waals surface area contributed by atoms with E-state index in [0.29, 0.717) is 6.04 Å². The van der Waals surface area contributed by atoms with Gasteiger partial charge in [0.2, 0.25) is 0 Å². The number of aromatic nitrogens is 2. The molecule has 0 N–H and O–H groups in total. The Morgan fingerprint density at radius 3 is 2.83 bits per heavy atom. The van der Waals surface area contributed by atoms with E-state index in [2.05, 4.69) is 27.6 Å². The molecule has 0 amide bonds. The zero-order valence-corrected chi connectivity index (χ0v) is 7.70. The van der Waals surface area contributed by atoms with E-state index in [0.717, 1.165) is 5.69 Å². The summed E-state index contributed by atoms with van der Waals surface area (Å²) in [5, 5.41) is 0. The molecule has 0 spiro atoms. The van der Waals surface area contributed by atoms with Crippen LogP contribution >= 0.6 is 0 Å². The van der Waals surface area contributed by atoms with Crippen LogP contribution in [0.25, 0.3) is 0 Å². The molecule has 2 heterocycles. The van der Waals surface area contributed by atoms with Gasteiger partial charge >= 0.3 is 0 Å². The van der Waals surface area contributed by atoms with Gasteiger partial charge in [-0.25, -0.2) is 4.98 Å². The van der Waals surface area contributed by atoms with Gasteiger partial charge in [-0.1, -0.05) is 6.92 Å². The van der Waals surface area contributed by atoms with Gasteiger partial charge in [0.1, 0.15) is 0 Å². The van der Waals surface area contributed by atoms with Crippen molar-refractivity contribution in [2.24, 2.45) is 0 Å². The van der Waals surface area contributed by atoms with Gasteiger partial charge in [-0.15, -0.1) is 0 Å². The Morgan fingerprint density at radius 2 is 2.33 bits per heavy atom. The van der Waals surface area contributed by atoms with Gasteiger partial charge in [-0.05, 0) is 13.5 Å². The zero-order chi connectivity index (χ0) is 8.55. The maximum Gasteiger partial charge on any atom is 0.0952 e. The van der Waals surface area contributed by atoms with Gasteiger partial charge in [0, 0.05) is 19.3 Å². The van der Waals surface area contributed by atoms with Crippen molar-refractivity contribution >= 4 is 0 Å². The second-order valence-corrected chi connectivity index (χ2v) is 3.47. The Kier molecular flexibility index (Phi) is 1.89. The fraction of sp³-hybridized carbons (Fsp3) is 0.667. The highest BCUT2D eigenvalue weighted by Gasteiger charge is 2.25. The largest absolute Gasteiger partial charge is 0.332 e. The Bertz CT molecular complexity index is 260. The van der Waals surface area contributed by atoms with Crippen molar-refractivity contribution in [3.05, 3.63) is 18.2 Å². The lowest BCUT2D eigenvalue weighted by atomic mass is 10.1. The maximum absolute atomic E-state index is 4.21. The lowest BCUT2D eigenvalue weighted by Gasteiger charge is -2.39. The van der Waals surface area contributed by atoms with Gasteiger partial charge in [-0.2, -0.15) is 0 Å². The molecular weight excluding hydrogens is 150 g/mol. The molecule has 0 unspecified atom stereocenters. The number of imidazole rings is 1. The number of likely N-dealkylation sites (N-methyl/N-ethyl adjacent to an activating group) is 1. The predicted octanol–water partition coefficient (Wildman–Crippen LogP) is 1.07. The third-order valence-corrected chi connectivity index (χ3v) is 2.54. The lowest BCUT2D eigenvalue weighted by molar-refractivity contribution is 0.114. The molecular formula is C9H15N3. The molecule has 3 nitrogen and oxygen atoms in total. The summed E-state index contributed by atoms with van der Waals surface area (Å²) >= 11 is 0. The smallest absolute Gasteiger partial charge is 0.0952 e. The zero-order valence-electron chi connectivity index (χ0n) is 7.70. The molecule has 0 atom stereocenters. The summed E-state index contributed by atoms with van der Waals surface area (Å²) in [6, 6.07) is 0.672. The van der Waals surface area contributed by atoms with Crippen LogP contribution in [0, 0.1) is 6.92 Å². The minimum atomic E-state index is 0.672. The molecule has 1 aromatic rings. The van der Waals surface area contributed by atoms with Crippen LogP contribution in [0.4, 0.5) is 0 Å². The first kappa shape index (κ1) is 7.80. The maximum atomic E-state index is 4.21. The first-order valence-electron chi connectivity index (χ1n) is 4.52. The molecule has 0 radical (unpaired) electrons. The summed E-state index contributed by atoms with van der Waals surface area (Å²) in [5.41, 5.74) is 1.12. The summed E-state index contributed by atoms with van der Waals surface area (Å²) < 4.78 is 2.22. The molecule has 12 heavy (non-hydrogen) atoms. The predicted molar refractivity (Wildman–Crippen MR) is 48.1 cm³/mol. The van der Waals surface area contributed by atoms with Crippen LogP contribution in [0.5, 0.6) is 0 Å². The molecule has 3 heteroatoms. The molecule has 1 saturated heterocycles. The number of aryl methyl sites for hydroxylation is 1. The van der Waals surface area contributed by atoms with E-state index in [-0.39, 0.29) is 0 Å². The van der Waals surface area contributed by atoms with Crippen molar-refractivity contribution in [1.29, 1.82) is 0 Å². The minimum absolute atomic E-state index is 0.672. The van der Waals surface area contributed by atoms with Crippen molar-refractivity contribution in [2.75, 3.05) is 19.6 Å². The molecule has 1 aliphatic rings. The Labute approximate surface area is 73.0 Å². The summed E-state index contributed by atoms with van der Waals surface area (Å²) in [4.78, 5) is 6.65. The number of hydrogen-bond donors (Lipinski definition) is 0. The molecule has 1 fully saturated rings. The molecule has 0 saturated carbocycles. The van der Waals surface area contributed by atoms with Crippen LogP contribution in [-0.2, 0) is 0 Å². The van der Waals surface area contributed by atoms with Gasteiger partial charge in [0.05, 0.1) is 18.1 Å². The van der Waals surface area contributed by atoms with Gasteiger partial charge in [0.25, 0.3) is 0 Å². The average molecular weight is 165 g/mol. The number of likely N-dealkylation sites (tertiary alicyclic amines) is 1. The van der Waals surface area contributed by atoms with Crippen molar-refractivity contribution in [3.63, 3.8) is 0 Å². The van der Waals surface area contributed by atoms with Gasteiger partial charge in [0.15, 0.2) is 0 Å². The summed E-state index contributed by atoms with van der Waals surface area (Å²) in [7, 11) is 0. The summed E-state index contributed by atoms with van der Waals surface area (Å²) in [5.74, 6) is 0. The minimum Gasteiger partial charge on any atom is -0.332 e. The van der Waals surface area contributed by atoms with Crippen LogP contribution < -0.4 is 0 Å². The molecule has 2 rings (SSSR count). The highest BCUT2D eigenvalue weighted by atomic mass is 15.3. The second kappa shape index (κ2) is 2.90. The Hall–Kier alpha value is -0.830. The molecule has 1 aromatic heterocycles. The SMILES string of the molecule is CCN1CC(n2cnc(C)c2)C1. The fourth-order valence-corrected chi connectivity index (χ4v) is 1.63. The van der Waals surface area contributed by atoms with Crippen molar-refractivity contribution in [1.82, 2.24) is 14.5 Å². The molecule has 0 bridgehead atoms. The second-order valence-electron chi connectivity index (χ2n) is 3.47. The van der Waals surface area contributed by atoms with E-state index in [1.807, 2.05) is 13.3 Å². The summed E-state index contributed by atoms with van der Waals surface area (Å²) in [6.07, 6.45) is 4.06. The first-order chi connectivity index (χ1) is 5.79. The van der Waals surface area contributed by atoms with Crippen molar-refractivity contribution in [3.8, 4) is 0 Å². The third-order valence-electron chi connectivity index (χ3n) is 2.54. The Morgan fingerprint density at radius 1 is 1.58 bits per heavy atom. The highest BCUT2D eigenvalue weighted by molar-refractivity contribution is 4.97. The molecule has 1 aliphatic heterocycles. The van der Waals surface area contributed by atoms with Crippen LogP contribution in [0.15, 0.2) is 12.5 Å². The summed E-state index contributed by atoms with van der Waals surface area (Å²) in [6.45, 7) is 7.78. The van der Waals surface area contributed by atoms with Crippen LogP contribution in [-0.4, -0.2) is 34.1 Å². The molecule has 0 aromatic carbocycles. The molecule has 0 aliphatic carbocycles. The molecule has 66 valence electrons. The number of nitrogens with zero attached hydrogens (tertiary/aromatic N) is 3. The van der Waals surface area contributed by atoms with Gasteiger partial charge in [-0.3, -0.25) is 4.90 Å². The van der Waals surface area contributed by atoms with Gasteiger partial charge < -0.3 is 4.57 Å². The normalized spacial score (nSPS) is 19.5. The number of rotatable bonds is 2. The van der Waals surface area contributed by atoms with E-state index in [1.165, 1.54) is 19.6 Å². The Balaban J connectivity index is 1.96. The highest BCUT2D eigenvalue weighted by Crippen LogP contribution is 2.20. The first-order valence-corrected chi connectivity index (χ1v) is 4.52. The van der Waals surface area contributed by atoms with E-state index < -0.39 is 0 Å². The van der Waals surface area contributed by atoms with E-state index in [9.17, 15) is 0 Å². The van der Waals surface area contributed by atoms with Crippen LogP contribution in [0.1, 0.15) is 18.7 Å². The standard InChI is InChI=1S/C9H15N3/c1-3-11-5-9(6-11)12-4-8(2)10-7-12/h4,7,9H,3,5-6H2,1-2H3. The van der Waals surface area contributed by atoms with Crippen molar-refractivity contribution in [2.45, 2.75) is 19.9 Å². The van der Waals surface area contributed by atoms with Crippen LogP contribution in [0.3, 0.4) is 0 Å². The van der Waals surface area contributed by atoms with E-state index >= 15 is 0 Å². The topological polar surface area (TPSA) is 21.1 Å². The third kappa shape index (κ3) is 1.25. The monoisotopic (exact) mass is 165 g/mol.